The third kappa shape index (κ3) is 8.05. The SMILES string of the molecule is C[C@@H]1CN([C@H]2CC[C@H](n3cc(Nc4ncc(-c5ccc(C#N)c(O[C@@H](C)Cn6cnnn6)c5)cn4)c(OCCC#N)n3)CC2)C[C@H](C)O1. The van der Waals surface area contributed by atoms with Crippen LogP contribution in [0.3, 0.4) is 0 Å². The van der Waals surface area contributed by atoms with E-state index in [0.717, 1.165) is 49.9 Å². The Morgan fingerprint density at radius 2 is 1.79 bits per heavy atom. The van der Waals surface area contributed by atoms with Crippen LogP contribution in [0.4, 0.5) is 11.6 Å². The van der Waals surface area contributed by atoms with Crippen LogP contribution >= 0.6 is 0 Å². The van der Waals surface area contributed by atoms with Crippen molar-refractivity contribution in [3.05, 3.63) is 48.7 Å². The van der Waals surface area contributed by atoms with E-state index in [4.69, 9.17) is 24.6 Å². The van der Waals surface area contributed by atoms with E-state index in [-0.39, 0.29) is 37.4 Å². The number of tetrazole rings is 1. The van der Waals surface area contributed by atoms with Gasteiger partial charge in [0.1, 0.15) is 36.5 Å². The second-order valence-corrected chi connectivity index (χ2v) is 12.5. The molecule has 0 amide bonds. The number of ether oxygens (including phenoxy) is 3. The minimum atomic E-state index is -0.281. The normalized spacial score (nSPS) is 21.9. The molecular formula is C33H40N12O3. The van der Waals surface area contributed by atoms with E-state index < -0.39 is 0 Å². The maximum Gasteiger partial charge on any atom is 0.256 e. The lowest BCUT2D eigenvalue weighted by molar-refractivity contribution is -0.0852. The maximum atomic E-state index is 9.64. The molecule has 2 fully saturated rings. The summed E-state index contributed by atoms with van der Waals surface area (Å²) in [5.74, 6) is 1.25. The predicted molar refractivity (Wildman–Crippen MR) is 174 cm³/mol. The van der Waals surface area contributed by atoms with Gasteiger partial charge in [-0.25, -0.2) is 14.6 Å². The van der Waals surface area contributed by atoms with Gasteiger partial charge in [-0.15, -0.1) is 10.2 Å². The van der Waals surface area contributed by atoms with Crippen molar-refractivity contribution in [2.45, 2.75) is 89.8 Å². The first kappa shape index (κ1) is 32.8. The van der Waals surface area contributed by atoms with Crippen molar-refractivity contribution >= 4 is 11.6 Å². The van der Waals surface area contributed by atoms with E-state index in [9.17, 15) is 5.26 Å². The van der Waals surface area contributed by atoms with Crippen LogP contribution in [0.15, 0.2) is 43.1 Å². The molecule has 15 nitrogen and oxygen atoms in total. The van der Waals surface area contributed by atoms with E-state index in [2.05, 4.69) is 61.7 Å². The Balaban J connectivity index is 1.13. The molecule has 48 heavy (non-hydrogen) atoms. The molecule has 0 spiro atoms. The van der Waals surface area contributed by atoms with Gasteiger partial charge < -0.3 is 19.5 Å². The van der Waals surface area contributed by atoms with Crippen molar-refractivity contribution in [2.24, 2.45) is 0 Å². The summed E-state index contributed by atoms with van der Waals surface area (Å²) in [7, 11) is 0. The minimum absolute atomic E-state index is 0.236. The van der Waals surface area contributed by atoms with Gasteiger partial charge in [-0.3, -0.25) is 9.58 Å². The van der Waals surface area contributed by atoms with Crippen molar-refractivity contribution in [1.29, 1.82) is 10.5 Å². The van der Waals surface area contributed by atoms with E-state index in [1.807, 2.05) is 23.9 Å². The maximum absolute atomic E-state index is 9.64. The molecule has 1 saturated carbocycles. The average Bonchev–Trinajstić information content (AvgIpc) is 3.75. The first-order valence-corrected chi connectivity index (χ1v) is 16.4. The molecule has 1 saturated heterocycles. The van der Waals surface area contributed by atoms with Crippen LogP contribution in [0.5, 0.6) is 11.6 Å². The van der Waals surface area contributed by atoms with Gasteiger partial charge in [0.15, 0.2) is 0 Å². The quantitative estimate of drug-likeness (QED) is 0.215. The fourth-order valence-corrected chi connectivity index (χ4v) is 6.49. The summed E-state index contributed by atoms with van der Waals surface area (Å²) in [5.41, 5.74) is 2.62. The van der Waals surface area contributed by atoms with Crippen molar-refractivity contribution in [3.63, 3.8) is 0 Å². The summed E-state index contributed by atoms with van der Waals surface area (Å²) in [6.45, 7) is 8.81. The number of rotatable bonds is 12. The molecular weight excluding hydrogens is 612 g/mol. The molecule has 0 unspecified atom stereocenters. The molecule has 1 aliphatic heterocycles. The van der Waals surface area contributed by atoms with Crippen LogP contribution in [0.2, 0.25) is 0 Å². The molecule has 2 aliphatic rings. The lowest BCUT2D eigenvalue weighted by Crippen LogP contribution is -2.51. The van der Waals surface area contributed by atoms with Gasteiger partial charge in [0.2, 0.25) is 5.95 Å². The second-order valence-electron chi connectivity index (χ2n) is 12.5. The van der Waals surface area contributed by atoms with E-state index in [1.165, 1.54) is 6.33 Å². The number of hydrogen-bond donors (Lipinski definition) is 1. The Labute approximate surface area is 279 Å². The highest BCUT2D eigenvalue weighted by Gasteiger charge is 2.32. The molecule has 250 valence electrons. The van der Waals surface area contributed by atoms with E-state index >= 15 is 0 Å². The highest BCUT2D eigenvalue weighted by molar-refractivity contribution is 5.67. The molecule has 3 aromatic heterocycles. The van der Waals surface area contributed by atoms with Gasteiger partial charge in [0.05, 0.1) is 49.0 Å². The summed E-state index contributed by atoms with van der Waals surface area (Å²) in [6.07, 6.45) is 11.6. The highest BCUT2D eigenvalue weighted by Crippen LogP contribution is 2.35. The second kappa shape index (κ2) is 15.2. The van der Waals surface area contributed by atoms with Crippen LogP contribution in [0.1, 0.15) is 64.5 Å². The Kier molecular flexibility index (Phi) is 10.4. The fourth-order valence-electron chi connectivity index (χ4n) is 6.49. The van der Waals surface area contributed by atoms with Crippen LogP contribution in [-0.4, -0.2) is 88.9 Å². The lowest BCUT2D eigenvalue weighted by atomic mass is 9.89. The lowest BCUT2D eigenvalue weighted by Gasteiger charge is -2.42. The zero-order chi connectivity index (χ0) is 33.5. The van der Waals surface area contributed by atoms with Crippen LogP contribution in [0.25, 0.3) is 11.1 Å². The molecule has 4 heterocycles. The third-order valence-electron chi connectivity index (χ3n) is 8.65. The molecule has 1 aliphatic carbocycles. The van der Waals surface area contributed by atoms with Gasteiger partial charge >= 0.3 is 0 Å². The Bertz CT molecular complexity index is 1710. The number of benzene rings is 1. The van der Waals surface area contributed by atoms with Gasteiger partial charge in [-0.1, -0.05) is 6.07 Å². The summed E-state index contributed by atoms with van der Waals surface area (Å²) in [4.78, 5) is 11.7. The first-order valence-electron chi connectivity index (χ1n) is 16.4. The van der Waals surface area contributed by atoms with Gasteiger partial charge in [0.25, 0.3) is 5.88 Å². The average molecular weight is 653 g/mol. The van der Waals surface area contributed by atoms with Crippen molar-refractivity contribution in [3.8, 4) is 34.9 Å². The third-order valence-corrected chi connectivity index (χ3v) is 8.65. The molecule has 1 aromatic carbocycles. The van der Waals surface area contributed by atoms with Crippen LogP contribution < -0.4 is 14.8 Å². The van der Waals surface area contributed by atoms with Crippen LogP contribution in [-0.2, 0) is 11.3 Å². The monoisotopic (exact) mass is 652 g/mol. The largest absolute Gasteiger partial charge is 0.487 e. The summed E-state index contributed by atoms with van der Waals surface area (Å²) in [6, 6.07) is 10.5. The fraction of sp³-hybridized carbons (Fsp3) is 0.515. The highest BCUT2D eigenvalue weighted by atomic mass is 16.5. The summed E-state index contributed by atoms with van der Waals surface area (Å²) in [5, 5.41) is 37.9. The molecule has 3 atom stereocenters. The summed E-state index contributed by atoms with van der Waals surface area (Å²) >= 11 is 0. The standard InChI is InChI=1S/C33H40N12O3/c1-22-17-43(18-23(2)47-22)28-7-9-29(10-8-28)45-20-30(32(40-45)46-12-4-11-34)39-33-36-15-27(16-37-33)25-5-6-26(14-35)31(13-25)48-24(3)19-44-21-38-41-42-44/h5-6,13,15-16,20-24,28-29H,4,7-10,12,17-19H2,1-3H3,(H,36,37,39)/t22-,23+,24-,28-,29-/m0/s1. The van der Waals surface area contributed by atoms with Gasteiger partial charge in [-0.05, 0) is 74.6 Å². The van der Waals surface area contributed by atoms with Crippen LogP contribution in [0, 0.1) is 22.7 Å². The van der Waals surface area contributed by atoms with Crippen molar-refractivity contribution in [2.75, 3.05) is 25.0 Å². The Morgan fingerprint density at radius 3 is 2.48 bits per heavy atom. The van der Waals surface area contributed by atoms with E-state index in [1.54, 1.807) is 29.2 Å². The van der Waals surface area contributed by atoms with E-state index in [0.29, 0.717) is 41.4 Å². The number of aromatic nitrogens is 8. The number of nitriles is 2. The first-order chi connectivity index (χ1) is 23.4. The number of nitrogens with one attached hydrogen (secondary N) is 1. The smallest absolute Gasteiger partial charge is 0.256 e. The summed E-state index contributed by atoms with van der Waals surface area (Å²) < 4.78 is 21.5. The number of morpholine rings is 1. The van der Waals surface area contributed by atoms with Gasteiger partial charge in [0, 0.05) is 37.1 Å². The molecule has 4 aromatic rings. The number of anilines is 2. The molecule has 15 heteroatoms. The van der Waals surface area contributed by atoms with Gasteiger partial charge in [-0.2, -0.15) is 10.5 Å². The van der Waals surface area contributed by atoms with Crippen molar-refractivity contribution in [1.82, 2.24) is 44.9 Å². The topological polar surface area (TPSA) is 178 Å². The minimum Gasteiger partial charge on any atom is -0.487 e. The molecule has 1 N–H and O–H groups in total. The Hall–Kier alpha value is -5.12. The zero-order valence-electron chi connectivity index (χ0n) is 27.4. The molecule has 0 radical (unpaired) electrons. The van der Waals surface area contributed by atoms with Crippen molar-refractivity contribution < 1.29 is 14.2 Å². The number of nitrogens with zero attached hydrogens (tertiary/aromatic N) is 11. The molecule has 6 rings (SSSR count). The Morgan fingerprint density at radius 1 is 1.04 bits per heavy atom. The zero-order valence-corrected chi connectivity index (χ0v) is 27.4. The predicted octanol–water partition coefficient (Wildman–Crippen LogP) is 4.29. The number of hydrogen-bond acceptors (Lipinski definition) is 13. The molecule has 0 bridgehead atoms.